The Labute approximate surface area is 83.8 Å². The van der Waals surface area contributed by atoms with Gasteiger partial charge in [0, 0.05) is 15.9 Å². The van der Waals surface area contributed by atoms with Crippen LogP contribution in [0.15, 0.2) is 22.7 Å². The van der Waals surface area contributed by atoms with Gasteiger partial charge in [-0.3, -0.25) is 4.79 Å². The van der Waals surface area contributed by atoms with Gasteiger partial charge in [0.25, 0.3) is 0 Å². The number of hydrogen-bond acceptors (Lipinski definition) is 1. The summed E-state index contributed by atoms with van der Waals surface area (Å²) in [6, 6.07) is 5.10. The van der Waals surface area contributed by atoms with E-state index in [1.54, 1.807) is 18.2 Å². The predicted octanol–water partition coefficient (Wildman–Crippen LogP) is 2.29. The van der Waals surface area contributed by atoms with Gasteiger partial charge in [-0.25, -0.2) is 0 Å². The van der Waals surface area contributed by atoms with Gasteiger partial charge >= 0.3 is 0 Å². The highest BCUT2D eigenvalue weighted by Gasteiger charge is 2.03. The summed E-state index contributed by atoms with van der Waals surface area (Å²) in [5.41, 5.74) is 6.51. The van der Waals surface area contributed by atoms with Crippen molar-refractivity contribution < 1.29 is 4.79 Å². The number of carbonyl (C=O) groups is 1. The fourth-order valence-electron chi connectivity index (χ4n) is 0.809. The first kappa shape index (κ1) is 9.55. The Morgan fingerprint density at radius 2 is 2.25 bits per heavy atom. The van der Waals surface area contributed by atoms with Gasteiger partial charge in [-0.2, -0.15) is 0 Å². The van der Waals surface area contributed by atoms with Crippen LogP contribution in [0.2, 0.25) is 0 Å². The van der Waals surface area contributed by atoms with E-state index in [2.05, 4.69) is 15.9 Å². The van der Waals surface area contributed by atoms with Crippen molar-refractivity contribution in [2.24, 2.45) is 5.73 Å². The number of amides is 1. The van der Waals surface area contributed by atoms with Crippen molar-refractivity contribution in [3.63, 3.8) is 0 Å². The van der Waals surface area contributed by atoms with Gasteiger partial charge in [-0.15, -0.1) is 11.6 Å². The van der Waals surface area contributed by atoms with Crippen LogP contribution in [0, 0.1) is 0 Å². The molecule has 0 saturated heterocycles. The van der Waals surface area contributed by atoms with E-state index in [9.17, 15) is 4.79 Å². The molecule has 1 amide bonds. The molecule has 2 nitrogen and oxygen atoms in total. The Hall–Kier alpha value is -0.540. The van der Waals surface area contributed by atoms with E-state index in [-0.39, 0.29) is 0 Å². The van der Waals surface area contributed by atoms with Gasteiger partial charge in [0.05, 0.1) is 0 Å². The SMILES string of the molecule is NC(=O)c1ccc(CCl)c(Br)c1. The Morgan fingerprint density at radius 1 is 1.58 bits per heavy atom. The summed E-state index contributed by atoms with van der Waals surface area (Å²) in [5, 5.41) is 0. The average Bonchev–Trinajstić information content (AvgIpc) is 2.04. The second-order valence-corrected chi connectivity index (χ2v) is 3.43. The maximum atomic E-state index is 10.7. The molecule has 0 unspecified atom stereocenters. The summed E-state index contributed by atoms with van der Waals surface area (Å²) in [5.74, 6) is -0.0172. The van der Waals surface area contributed by atoms with Crippen LogP contribution in [0.4, 0.5) is 0 Å². The van der Waals surface area contributed by atoms with Crippen molar-refractivity contribution >= 4 is 33.4 Å². The molecule has 0 aliphatic rings. The van der Waals surface area contributed by atoms with E-state index in [0.717, 1.165) is 10.0 Å². The Balaban J connectivity index is 3.10. The lowest BCUT2D eigenvalue weighted by Gasteiger charge is -2.01. The third kappa shape index (κ3) is 1.99. The molecule has 0 spiro atoms. The maximum absolute atomic E-state index is 10.7. The topological polar surface area (TPSA) is 43.1 Å². The monoisotopic (exact) mass is 247 g/mol. The van der Waals surface area contributed by atoms with Gasteiger partial charge in [0.15, 0.2) is 0 Å². The standard InChI is InChI=1S/C8H7BrClNO/c9-7-3-5(8(11)12)1-2-6(7)4-10/h1-3H,4H2,(H2,11,12). The molecule has 0 aliphatic heterocycles. The van der Waals surface area contributed by atoms with Crippen molar-refractivity contribution in [2.75, 3.05) is 0 Å². The molecule has 0 bridgehead atoms. The number of primary amides is 1. The van der Waals surface area contributed by atoms with Crippen molar-refractivity contribution in [1.82, 2.24) is 0 Å². The zero-order valence-electron chi connectivity index (χ0n) is 6.18. The molecule has 64 valence electrons. The van der Waals surface area contributed by atoms with Crippen molar-refractivity contribution in [3.05, 3.63) is 33.8 Å². The summed E-state index contributed by atoms with van der Waals surface area (Å²) >= 11 is 8.90. The molecule has 4 heteroatoms. The van der Waals surface area contributed by atoms with E-state index >= 15 is 0 Å². The fourth-order valence-corrected chi connectivity index (χ4v) is 1.72. The van der Waals surface area contributed by atoms with E-state index in [0.29, 0.717) is 11.4 Å². The second kappa shape index (κ2) is 3.92. The number of nitrogens with two attached hydrogens (primary N) is 1. The molecule has 2 N–H and O–H groups in total. The number of alkyl halides is 1. The van der Waals surface area contributed by atoms with Crippen LogP contribution in [-0.4, -0.2) is 5.91 Å². The fraction of sp³-hybridized carbons (Fsp3) is 0.125. The molecule has 12 heavy (non-hydrogen) atoms. The number of halogens is 2. The van der Waals surface area contributed by atoms with Crippen LogP contribution in [0.3, 0.4) is 0 Å². The summed E-state index contributed by atoms with van der Waals surface area (Å²) in [4.78, 5) is 10.7. The zero-order chi connectivity index (χ0) is 9.14. The second-order valence-electron chi connectivity index (χ2n) is 2.30. The van der Waals surface area contributed by atoms with Crippen LogP contribution in [0.25, 0.3) is 0 Å². The first-order valence-electron chi connectivity index (χ1n) is 3.29. The largest absolute Gasteiger partial charge is 0.366 e. The summed E-state index contributed by atoms with van der Waals surface area (Å²) < 4.78 is 0.814. The molecule has 0 saturated carbocycles. The maximum Gasteiger partial charge on any atom is 0.248 e. The lowest BCUT2D eigenvalue weighted by molar-refractivity contribution is 0.100. The predicted molar refractivity (Wildman–Crippen MR) is 52.2 cm³/mol. The third-order valence-corrected chi connectivity index (χ3v) is 2.51. The van der Waals surface area contributed by atoms with Crippen molar-refractivity contribution in [1.29, 1.82) is 0 Å². The van der Waals surface area contributed by atoms with Gasteiger partial charge < -0.3 is 5.73 Å². The van der Waals surface area contributed by atoms with Crippen LogP contribution >= 0.6 is 27.5 Å². The molecule has 1 rings (SSSR count). The quantitative estimate of drug-likeness (QED) is 0.802. The Bertz CT molecular complexity index is 314. The van der Waals surface area contributed by atoms with Gasteiger partial charge in [0.2, 0.25) is 5.91 Å². The third-order valence-electron chi connectivity index (χ3n) is 1.48. The Morgan fingerprint density at radius 3 is 2.67 bits per heavy atom. The molecular formula is C8H7BrClNO. The highest BCUT2D eigenvalue weighted by molar-refractivity contribution is 9.10. The van der Waals surface area contributed by atoms with Crippen LogP contribution in [0.5, 0.6) is 0 Å². The van der Waals surface area contributed by atoms with Crippen molar-refractivity contribution in [2.45, 2.75) is 5.88 Å². The lowest BCUT2D eigenvalue weighted by Crippen LogP contribution is -2.10. The van der Waals surface area contributed by atoms with Crippen molar-refractivity contribution in [3.8, 4) is 0 Å². The van der Waals surface area contributed by atoms with E-state index in [4.69, 9.17) is 17.3 Å². The number of carbonyl (C=O) groups excluding carboxylic acids is 1. The van der Waals surface area contributed by atoms with E-state index < -0.39 is 5.91 Å². The highest BCUT2D eigenvalue weighted by Crippen LogP contribution is 2.19. The molecule has 0 aliphatic carbocycles. The molecule has 0 fully saturated rings. The van der Waals surface area contributed by atoms with Gasteiger partial charge in [-0.05, 0) is 17.7 Å². The minimum Gasteiger partial charge on any atom is -0.366 e. The van der Waals surface area contributed by atoms with Crippen LogP contribution < -0.4 is 5.73 Å². The summed E-state index contributed by atoms with van der Waals surface area (Å²) in [6.45, 7) is 0. The number of hydrogen-bond donors (Lipinski definition) is 1. The first-order chi connectivity index (χ1) is 5.65. The molecule has 0 radical (unpaired) electrons. The van der Waals surface area contributed by atoms with Crippen LogP contribution in [-0.2, 0) is 5.88 Å². The molecule has 0 heterocycles. The normalized spacial score (nSPS) is 9.83. The summed E-state index contributed by atoms with van der Waals surface area (Å²) in [6.07, 6.45) is 0. The molecular weight excluding hydrogens is 241 g/mol. The number of rotatable bonds is 2. The molecule has 0 atom stereocenters. The summed E-state index contributed by atoms with van der Waals surface area (Å²) in [7, 11) is 0. The average molecular weight is 249 g/mol. The first-order valence-corrected chi connectivity index (χ1v) is 4.62. The van der Waals surface area contributed by atoms with E-state index in [1.807, 2.05) is 0 Å². The smallest absolute Gasteiger partial charge is 0.248 e. The molecule has 1 aromatic carbocycles. The van der Waals surface area contributed by atoms with Gasteiger partial charge in [0.1, 0.15) is 0 Å². The van der Waals surface area contributed by atoms with Crippen LogP contribution in [0.1, 0.15) is 15.9 Å². The molecule has 1 aromatic rings. The lowest BCUT2D eigenvalue weighted by atomic mass is 10.1. The minimum absolute atomic E-state index is 0.416. The van der Waals surface area contributed by atoms with E-state index in [1.165, 1.54) is 0 Å². The Kier molecular flexibility index (Phi) is 3.12. The zero-order valence-corrected chi connectivity index (χ0v) is 8.52. The van der Waals surface area contributed by atoms with Gasteiger partial charge in [-0.1, -0.05) is 22.0 Å². The highest BCUT2D eigenvalue weighted by atomic mass is 79.9. The minimum atomic E-state index is -0.433. The number of benzene rings is 1. The molecule has 0 aromatic heterocycles.